The summed E-state index contributed by atoms with van der Waals surface area (Å²) in [6, 6.07) is 7.39. The van der Waals surface area contributed by atoms with Crippen LogP contribution in [0.5, 0.6) is 0 Å². The Kier molecular flexibility index (Phi) is 4.42. The van der Waals surface area contributed by atoms with Crippen LogP contribution < -0.4 is 11.1 Å². The first kappa shape index (κ1) is 15.0. The first-order valence-electron chi connectivity index (χ1n) is 5.40. The fourth-order valence-electron chi connectivity index (χ4n) is 1.59. The van der Waals surface area contributed by atoms with Gasteiger partial charge in [-0.05, 0) is 24.3 Å². The highest BCUT2D eigenvalue weighted by Crippen LogP contribution is 2.34. The van der Waals surface area contributed by atoms with Gasteiger partial charge < -0.3 is 11.1 Å². The number of hydrogen-bond acceptors (Lipinski definition) is 2. The van der Waals surface area contributed by atoms with E-state index in [1.54, 1.807) is 18.2 Å². The lowest BCUT2D eigenvalue weighted by Crippen LogP contribution is -2.13. The average Bonchev–Trinajstić information content (AvgIpc) is 2.38. The molecule has 0 aliphatic rings. The molecule has 20 heavy (non-hydrogen) atoms. The summed E-state index contributed by atoms with van der Waals surface area (Å²) < 4.78 is 27.7. The number of thiocarbonyl (C=S) groups is 1. The maximum atomic E-state index is 13.9. The number of nitrogens with two attached hydrogens (primary N) is 1. The van der Waals surface area contributed by atoms with Crippen molar-refractivity contribution in [3.63, 3.8) is 0 Å². The second-order valence-electron chi connectivity index (χ2n) is 3.87. The van der Waals surface area contributed by atoms with Gasteiger partial charge in [0.2, 0.25) is 0 Å². The van der Waals surface area contributed by atoms with Crippen LogP contribution in [-0.2, 0) is 0 Å². The molecule has 2 aromatic rings. The van der Waals surface area contributed by atoms with Crippen LogP contribution in [0.3, 0.4) is 0 Å². The third kappa shape index (κ3) is 2.85. The molecule has 3 N–H and O–H groups in total. The number of halogens is 4. The molecule has 0 bridgehead atoms. The molecule has 0 spiro atoms. The Morgan fingerprint density at radius 1 is 1.05 bits per heavy atom. The molecular formula is C13H8Cl2F2N2S. The van der Waals surface area contributed by atoms with E-state index in [1.165, 1.54) is 12.1 Å². The number of hydrogen-bond donors (Lipinski definition) is 2. The zero-order valence-electron chi connectivity index (χ0n) is 9.88. The second-order valence-corrected chi connectivity index (χ2v) is 5.13. The van der Waals surface area contributed by atoms with Gasteiger partial charge >= 0.3 is 0 Å². The minimum Gasteiger partial charge on any atom is -0.389 e. The van der Waals surface area contributed by atoms with Crippen LogP contribution >= 0.6 is 35.4 Å². The third-order valence-corrected chi connectivity index (χ3v) is 3.42. The number of anilines is 2. The van der Waals surface area contributed by atoms with Gasteiger partial charge in [0.05, 0.1) is 21.4 Å². The molecule has 0 unspecified atom stereocenters. The monoisotopic (exact) mass is 332 g/mol. The molecule has 2 aromatic carbocycles. The molecule has 2 rings (SSSR count). The van der Waals surface area contributed by atoms with Crippen molar-refractivity contribution in [1.82, 2.24) is 0 Å². The van der Waals surface area contributed by atoms with Crippen molar-refractivity contribution in [3.05, 3.63) is 57.6 Å². The zero-order valence-corrected chi connectivity index (χ0v) is 12.2. The predicted octanol–water partition coefficient (Wildman–Crippen LogP) is 4.65. The SMILES string of the molecule is NC(=S)c1ccc(Nc2c(Cl)cccc2Cl)c(F)c1F. The van der Waals surface area contributed by atoms with E-state index in [-0.39, 0.29) is 32.0 Å². The number of nitrogens with one attached hydrogen (secondary N) is 1. The van der Waals surface area contributed by atoms with Crippen molar-refractivity contribution in [3.8, 4) is 0 Å². The van der Waals surface area contributed by atoms with E-state index in [4.69, 9.17) is 28.9 Å². The summed E-state index contributed by atoms with van der Waals surface area (Å²) in [5, 5.41) is 3.23. The quantitative estimate of drug-likeness (QED) is 0.803. The number of para-hydroxylation sites is 1. The standard InChI is InChI=1S/C13H8Cl2F2N2S/c14-7-2-1-3-8(15)12(7)19-9-5-4-6(13(18)20)10(16)11(9)17/h1-5,19H,(H2,18,20). The second kappa shape index (κ2) is 5.91. The Hall–Kier alpha value is -1.43. The van der Waals surface area contributed by atoms with E-state index < -0.39 is 11.6 Å². The van der Waals surface area contributed by atoms with Crippen LogP contribution in [0, 0.1) is 11.6 Å². The van der Waals surface area contributed by atoms with E-state index in [0.717, 1.165) is 0 Å². The molecule has 0 amide bonds. The summed E-state index contributed by atoms with van der Waals surface area (Å²) in [4.78, 5) is -0.219. The van der Waals surface area contributed by atoms with Crippen LogP contribution in [0.25, 0.3) is 0 Å². The molecule has 0 heterocycles. The van der Waals surface area contributed by atoms with Gasteiger partial charge in [-0.15, -0.1) is 0 Å². The smallest absolute Gasteiger partial charge is 0.182 e. The first-order valence-corrected chi connectivity index (χ1v) is 6.57. The molecule has 0 radical (unpaired) electrons. The molecule has 0 aliphatic carbocycles. The summed E-state index contributed by atoms with van der Waals surface area (Å²) in [5.74, 6) is -2.23. The molecule has 0 fully saturated rings. The van der Waals surface area contributed by atoms with Gasteiger partial charge in [0.1, 0.15) is 4.99 Å². The third-order valence-electron chi connectivity index (χ3n) is 2.57. The van der Waals surface area contributed by atoms with Crippen molar-refractivity contribution in [2.75, 3.05) is 5.32 Å². The predicted molar refractivity (Wildman–Crippen MR) is 82.0 cm³/mol. The highest BCUT2D eigenvalue weighted by molar-refractivity contribution is 7.80. The normalized spacial score (nSPS) is 10.4. The van der Waals surface area contributed by atoms with Crippen molar-refractivity contribution >= 4 is 51.8 Å². The minimum absolute atomic E-state index is 0.113. The first-order chi connectivity index (χ1) is 9.41. The molecule has 0 saturated heterocycles. The fourth-order valence-corrected chi connectivity index (χ4v) is 2.24. The van der Waals surface area contributed by atoms with Gasteiger partial charge in [-0.1, -0.05) is 41.5 Å². The topological polar surface area (TPSA) is 38.0 Å². The van der Waals surface area contributed by atoms with E-state index in [9.17, 15) is 8.78 Å². The molecular weight excluding hydrogens is 325 g/mol. The van der Waals surface area contributed by atoms with Crippen molar-refractivity contribution < 1.29 is 8.78 Å². The van der Waals surface area contributed by atoms with E-state index in [0.29, 0.717) is 0 Å². The van der Waals surface area contributed by atoms with Gasteiger partial charge in [-0.25, -0.2) is 8.78 Å². The van der Waals surface area contributed by atoms with Crippen LogP contribution in [-0.4, -0.2) is 4.99 Å². The van der Waals surface area contributed by atoms with Crippen LogP contribution in [0.1, 0.15) is 5.56 Å². The van der Waals surface area contributed by atoms with Crippen molar-refractivity contribution in [2.45, 2.75) is 0 Å². The number of rotatable bonds is 3. The van der Waals surface area contributed by atoms with Crippen LogP contribution in [0.2, 0.25) is 10.0 Å². The molecule has 2 nitrogen and oxygen atoms in total. The van der Waals surface area contributed by atoms with Gasteiger partial charge in [-0.3, -0.25) is 0 Å². The summed E-state index contributed by atoms with van der Waals surface area (Å²) in [7, 11) is 0. The van der Waals surface area contributed by atoms with E-state index in [2.05, 4.69) is 17.5 Å². The molecule has 7 heteroatoms. The van der Waals surface area contributed by atoms with Gasteiger partial charge in [0.25, 0.3) is 0 Å². The largest absolute Gasteiger partial charge is 0.389 e. The Labute approximate surface area is 129 Å². The van der Waals surface area contributed by atoms with Crippen molar-refractivity contribution in [1.29, 1.82) is 0 Å². The van der Waals surface area contributed by atoms with Gasteiger partial charge in [0.15, 0.2) is 11.6 Å². The summed E-state index contributed by atoms with van der Waals surface area (Å²) in [5.41, 5.74) is 5.31. The van der Waals surface area contributed by atoms with Crippen LogP contribution in [0.4, 0.5) is 20.2 Å². The maximum Gasteiger partial charge on any atom is 0.182 e. The fraction of sp³-hybridized carbons (Fsp3) is 0. The minimum atomic E-state index is -1.12. The van der Waals surface area contributed by atoms with E-state index >= 15 is 0 Å². The lowest BCUT2D eigenvalue weighted by Gasteiger charge is -2.12. The lowest BCUT2D eigenvalue weighted by molar-refractivity contribution is 0.510. The van der Waals surface area contributed by atoms with Gasteiger partial charge in [0, 0.05) is 5.56 Å². The maximum absolute atomic E-state index is 13.9. The molecule has 0 saturated carbocycles. The number of benzene rings is 2. The van der Waals surface area contributed by atoms with Gasteiger partial charge in [-0.2, -0.15) is 0 Å². The summed E-state index contributed by atoms with van der Waals surface area (Å²) >= 11 is 16.5. The van der Waals surface area contributed by atoms with Crippen molar-refractivity contribution in [2.24, 2.45) is 5.73 Å². The zero-order chi connectivity index (χ0) is 14.9. The summed E-state index contributed by atoms with van der Waals surface area (Å²) in [6.07, 6.45) is 0. The van der Waals surface area contributed by atoms with Crippen LogP contribution in [0.15, 0.2) is 30.3 Å². The molecule has 0 atom stereocenters. The Morgan fingerprint density at radius 3 is 2.20 bits per heavy atom. The van der Waals surface area contributed by atoms with E-state index in [1.807, 2.05) is 0 Å². The molecule has 0 aliphatic heterocycles. The average molecular weight is 333 g/mol. The summed E-state index contributed by atoms with van der Waals surface area (Å²) in [6.45, 7) is 0. The highest BCUT2D eigenvalue weighted by atomic mass is 35.5. The molecule has 104 valence electrons. The Bertz CT molecular complexity index is 672. The Balaban J connectivity index is 2.45. The molecule has 0 aromatic heterocycles. The lowest BCUT2D eigenvalue weighted by atomic mass is 10.1. The Morgan fingerprint density at radius 2 is 1.65 bits per heavy atom. The highest BCUT2D eigenvalue weighted by Gasteiger charge is 2.16.